The molecule has 0 fully saturated rings. The first-order valence-electron chi connectivity index (χ1n) is 7.20. The van der Waals surface area contributed by atoms with E-state index in [4.69, 9.17) is 4.74 Å². The Morgan fingerprint density at radius 1 is 1.43 bits per heavy atom. The summed E-state index contributed by atoms with van der Waals surface area (Å²) in [5, 5.41) is 2.68. The topological polar surface area (TPSA) is 56.1 Å². The van der Waals surface area contributed by atoms with Gasteiger partial charge in [0, 0.05) is 29.3 Å². The molecule has 1 aromatic heterocycles. The molecule has 1 N–H and O–H groups in total. The number of amides is 1. The van der Waals surface area contributed by atoms with Gasteiger partial charge in [-0.25, -0.2) is 14.2 Å². The average Bonchev–Trinajstić information content (AvgIpc) is 2.88. The van der Waals surface area contributed by atoms with Gasteiger partial charge < -0.3 is 14.6 Å². The van der Waals surface area contributed by atoms with Gasteiger partial charge in [0.25, 0.3) is 0 Å². The average molecular weight is 384 g/mol. The number of ether oxygens (including phenoxy) is 1. The van der Waals surface area contributed by atoms with Crippen LogP contribution in [0.4, 0.5) is 9.18 Å². The van der Waals surface area contributed by atoms with Crippen molar-refractivity contribution in [3.63, 3.8) is 0 Å². The molecule has 0 aliphatic carbocycles. The molecule has 1 amide bonds. The summed E-state index contributed by atoms with van der Waals surface area (Å²) in [6, 6.07) is 4.71. The van der Waals surface area contributed by atoms with Crippen LogP contribution in [0, 0.1) is 5.82 Å². The lowest BCUT2D eigenvalue weighted by molar-refractivity contribution is 0.0528. The number of carbonyl (C=O) groups excluding carboxylic acids is 1. The van der Waals surface area contributed by atoms with E-state index in [9.17, 15) is 9.18 Å². The van der Waals surface area contributed by atoms with Gasteiger partial charge in [-0.15, -0.1) is 0 Å². The Morgan fingerprint density at radius 2 is 2.17 bits per heavy atom. The second kappa shape index (κ2) is 7.12. The lowest BCUT2D eigenvalue weighted by Crippen LogP contribution is -2.33. The number of nitrogens with zero attached hydrogens (tertiary/aromatic N) is 2. The van der Waals surface area contributed by atoms with Gasteiger partial charge in [-0.1, -0.05) is 15.9 Å². The van der Waals surface area contributed by atoms with Crippen LogP contribution in [-0.4, -0.2) is 27.8 Å². The van der Waals surface area contributed by atoms with Crippen molar-refractivity contribution in [2.45, 2.75) is 32.8 Å². The number of hydrogen-bond donors (Lipinski definition) is 1. The largest absolute Gasteiger partial charge is 0.444 e. The molecule has 0 bridgehead atoms. The molecule has 23 heavy (non-hydrogen) atoms. The van der Waals surface area contributed by atoms with Gasteiger partial charge in [-0.2, -0.15) is 0 Å². The Balaban J connectivity index is 2.02. The summed E-state index contributed by atoms with van der Waals surface area (Å²) in [5.74, 6) is -0.340. The van der Waals surface area contributed by atoms with Gasteiger partial charge in [-0.05, 0) is 39.0 Å². The highest BCUT2D eigenvalue weighted by Gasteiger charge is 2.16. The number of rotatable bonds is 4. The molecule has 7 heteroatoms. The second-order valence-electron chi connectivity index (χ2n) is 6.03. The van der Waals surface area contributed by atoms with Crippen molar-refractivity contribution >= 4 is 22.0 Å². The van der Waals surface area contributed by atoms with Crippen molar-refractivity contribution in [2.75, 3.05) is 6.54 Å². The van der Waals surface area contributed by atoms with Gasteiger partial charge in [0.15, 0.2) is 0 Å². The number of benzene rings is 1. The van der Waals surface area contributed by atoms with Crippen LogP contribution >= 0.6 is 15.9 Å². The summed E-state index contributed by atoms with van der Waals surface area (Å²) in [5.41, 5.74) is 0.660. The van der Waals surface area contributed by atoms with E-state index in [0.717, 1.165) is 10.2 Å². The van der Waals surface area contributed by atoms with E-state index in [1.165, 1.54) is 6.07 Å². The standard InChI is InChI=1S/C16H19BrFN3O2/c1-16(2,3)23-15(22)20-7-6-12-9-19-10-21(12)14-8-11(17)4-5-13(14)18/h4-5,8-10H,6-7H2,1-3H3,(H,20,22). The van der Waals surface area contributed by atoms with Crippen molar-refractivity contribution in [3.8, 4) is 5.69 Å². The molecule has 5 nitrogen and oxygen atoms in total. The minimum absolute atomic E-state index is 0.340. The maximum atomic E-state index is 14.0. The van der Waals surface area contributed by atoms with Crippen LogP contribution in [0.5, 0.6) is 0 Å². The third-order valence-electron chi connectivity index (χ3n) is 2.93. The second-order valence-corrected chi connectivity index (χ2v) is 6.95. The van der Waals surface area contributed by atoms with Crippen molar-refractivity contribution < 1.29 is 13.9 Å². The number of nitrogens with one attached hydrogen (secondary N) is 1. The number of halogens is 2. The SMILES string of the molecule is CC(C)(C)OC(=O)NCCc1cncn1-c1cc(Br)ccc1F. The predicted molar refractivity (Wildman–Crippen MR) is 89.2 cm³/mol. The first-order valence-corrected chi connectivity index (χ1v) is 7.99. The van der Waals surface area contributed by atoms with E-state index in [1.54, 1.807) is 50.0 Å². The highest BCUT2D eigenvalue weighted by molar-refractivity contribution is 9.10. The van der Waals surface area contributed by atoms with Crippen molar-refractivity contribution in [2.24, 2.45) is 0 Å². The molecule has 1 aromatic carbocycles. The Labute approximate surface area is 143 Å². The molecular formula is C16H19BrFN3O2. The number of imidazole rings is 1. The third-order valence-corrected chi connectivity index (χ3v) is 3.43. The van der Waals surface area contributed by atoms with E-state index in [0.29, 0.717) is 18.7 Å². The fourth-order valence-electron chi connectivity index (χ4n) is 2.00. The number of aromatic nitrogens is 2. The van der Waals surface area contributed by atoms with Crippen molar-refractivity contribution in [1.82, 2.24) is 14.9 Å². The van der Waals surface area contributed by atoms with Crippen LogP contribution in [0.25, 0.3) is 5.69 Å². The van der Waals surface area contributed by atoms with Gasteiger partial charge in [-0.3, -0.25) is 0 Å². The number of carbonyl (C=O) groups is 1. The molecular weight excluding hydrogens is 365 g/mol. The van der Waals surface area contributed by atoms with Gasteiger partial charge in [0.2, 0.25) is 0 Å². The smallest absolute Gasteiger partial charge is 0.407 e. The summed E-state index contributed by atoms with van der Waals surface area (Å²) in [6.45, 7) is 5.78. The minimum Gasteiger partial charge on any atom is -0.444 e. The molecule has 0 saturated heterocycles. The molecule has 0 atom stereocenters. The third kappa shape index (κ3) is 5.06. The molecule has 0 unspecified atom stereocenters. The van der Waals surface area contributed by atoms with Crippen LogP contribution in [0.2, 0.25) is 0 Å². The van der Waals surface area contributed by atoms with E-state index in [-0.39, 0.29) is 5.82 Å². The zero-order chi connectivity index (χ0) is 17.0. The highest BCUT2D eigenvalue weighted by atomic mass is 79.9. The molecule has 0 saturated carbocycles. The van der Waals surface area contributed by atoms with Crippen LogP contribution < -0.4 is 5.32 Å². The summed E-state index contributed by atoms with van der Waals surface area (Å²) in [7, 11) is 0. The quantitative estimate of drug-likeness (QED) is 0.872. The maximum absolute atomic E-state index is 14.0. The lowest BCUT2D eigenvalue weighted by Gasteiger charge is -2.19. The monoisotopic (exact) mass is 383 g/mol. The van der Waals surface area contributed by atoms with Crippen LogP contribution in [0.1, 0.15) is 26.5 Å². The normalized spacial score (nSPS) is 11.3. The summed E-state index contributed by atoms with van der Waals surface area (Å²) >= 11 is 3.33. The van der Waals surface area contributed by atoms with Gasteiger partial charge in [0.1, 0.15) is 11.4 Å². The molecule has 2 aromatic rings. The molecule has 2 rings (SSSR count). The molecule has 0 aliphatic heterocycles. The molecule has 0 radical (unpaired) electrons. The highest BCUT2D eigenvalue weighted by Crippen LogP contribution is 2.20. The van der Waals surface area contributed by atoms with Gasteiger partial charge in [0.05, 0.1) is 12.0 Å². The summed E-state index contributed by atoms with van der Waals surface area (Å²) in [6.07, 6.45) is 3.23. The zero-order valence-electron chi connectivity index (χ0n) is 13.3. The Hall–Kier alpha value is -1.89. The lowest BCUT2D eigenvalue weighted by atomic mass is 10.2. The van der Waals surface area contributed by atoms with E-state index < -0.39 is 11.7 Å². The van der Waals surface area contributed by atoms with Crippen LogP contribution in [-0.2, 0) is 11.2 Å². The number of hydrogen-bond acceptors (Lipinski definition) is 3. The fraction of sp³-hybridized carbons (Fsp3) is 0.375. The van der Waals surface area contributed by atoms with E-state index in [2.05, 4.69) is 26.2 Å². The molecule has 1 heterocycles. The maximum Gasteiger partial charge on any atom is 0.407 e. The van der Waals surface area contributed by atoms with E-state index >= 15 is 0 Å². The Bertz CT molecular complexity index is 695. The van der Waals surface area contributed by atoms with Gasteiger partial charge >= 0.3 is 6.09 Å². The molecule has 0 aliphatic rings. The van der Waals surface area contributed by atoms with Crippen LogP contribution in [0.15, 0.2) is 35.2 Å². The Kier molecular flexibility index (Phi) is 5.41. The molecule has 124 valence electrons. The van der Waals surface area contributed by atoms with Crippen LogP contribution in [0.3, 0.4) is 0 Å². The van der Waals surface area contributed by atoms with Crippen molar-refractivity contribution in [1.29, 1.82) is 0 Å². The predicted octanol–water partition coefficient (Wildman–Crippen LogP) is 3.84. The first-order chi connectivity index (χ1) is 10.8. The first kappa shape index (κ1) is 17.5. The zero-order valence-corrected chi connectivity index (χ0v) is 14.9. The molecule has 0 spiro atoms. The van der Waals surface area contributed by atoms with E-state index in [1.807, 2.05) is 0 Å². The minimum atomic E-state index is -0.536. The number of alkyl carbamates (subject to hydrolysis) is 1. The fourth-order valence-corrected chi connectivity index (χ4v) is 2.35. The Morgan fingerprint density at radius 3 is 2.87 bits per heavy atom. The summed E-state index contributed by atoms with van der Waals surface area (Å²) in [4.78, 5) is 15.7. The summed E-state index contributed by atoms with van der Waals surface area (Å²) < 4.78 is 21.6. The van der Waals surface area contributed by atoms with Crippen molar-refractivity contribution in [3.05, 3.63) is 46.7 Å².